The average Bonchev–Trinajstić information content (AvgIpc) is 3.05. The van der Waals surface area contributed by atoms with Gasteiger partial charge < -0.3 is 37.9 Å². The molecule has 0 bridgehead atoms. The van der Waals surface area contributed by atoms with Crippen LogP contribution in [0.4, 0.5) is 0 Å². The predicted octanol–water partition coefficient (Wildman–Crippen LogP) is -3.92. The number of aromatic nitrogens is 2. The van der Waals surface area contributed by atoms with E-state index in [1.807, 2.05) is 0 Å². The van der Waals surface area contributed by atoms with Gasteiger partial charge in [0.15, 0.2) is 0 Å². The third kappa shape index (κ3) is 7.52. The Morgan fingerprint density at radius 1 is 1.04 bits per heavy atom. The molecule has 1 rings (SSSR count). The quantitative estimate of drug-likeness (QED) is 0.199. The highest BCUT2D eigenvalue weighted by atomic mass is 16.4. The minimum atomic E-state index is -1.47. The van der Waals surface area contributed by atoms with Crippen molar-refractivity contribution in [2.75, 3.05) is 0 Å². The molecule has 1 aromatic rings. The second-order valence-corrected chi connectivity index (χ2v) is 5.69. The third-order valence-corrected chi connectivity index (χ3v) is 3.39. The summed E-state index contributed by atoms with van der Waals surface area (Å²) in [5, 5.41) is 13.6. The molecule has 3 unspecified atom stereocenters. The van der Waals surface area contributed by atoms with Gasteiger partial charge in [0, 0.05) is 18.3 Å². The van der Waals surface area contributed by atoms with Crippen LogP contribution in [0.5, 0.6) is 0 Å². The summed E-state index contributed by atoms with van der Waals surface area (Å²) in [6.07, 6.45) is 1.53. The van der Waals surface area contributed by atoms with E-state index in [1.54, 1.807) is 0 Å². The molecule has 13 nitrogen and oxygen atoms in total. The van der Waals surface area contributed by atoms with Crippen molar-refractivity contribution < 1.29 is 29.1 Å². The third-order valence-electron chi connectivity index (χ3n) is 3.39. The lowest BCUT2D eigenvalue weighted by Crippen LogP contribution is -2.56. The van der Waals surface area contributed by atoms with Gasteiger partial charge in [-0.05, 0) is 0 Å². The molecule has 3 atom stereocenters. The van der Waals surface area contributed by atoms with Crippen molar-refractivity contribution in [1.29, 1.82) is 0 Å². The number of imidazole rings is 1. The van der Waals surface area contributed by atoms with Crippen LogP contribution in [0, 0.1) is 0 Å². The summed E-state index contributed by atoms with van der Waals surface area (Å²) in [5.74, 6) is -4.97. The lowest BCUT2D eigenvalue weighted by Gasteiger charge is -2.21. The van der Waals surface area contributed by atoms with Crippen LogP contribution >= 0.6 is 0 Å². The lowest BCUT2D eigenvalue weighted by molar-refractivity contribution is -0.142. The van der Waals surface area contributed by atoms with E-state index in [9.17, 15) is 29.1 Å². The normalized spacial score (nSPS) is 13.8. The lowest BCUT2D eigenvalue weighted by atomic mass is 10.1. The molecular weight excluding hydrogens is 362 g/mol. The number of nitrogens with two attached hydrogens (primary N) is 3. The standard InChI is InChI=1S/C14H21N7O6/c15-7(2-10(16)22)12(24)20-8(3-11(17)23)13(25)21-9(14(26)27)1-6-4-18-5-19-6/h4-5,7-9H,1-3,15H2,(H2,16,22)(H2,17,23)(H,18,19)(H,20,24)(H,21,25)(H,26,27). The van der Waals surface area contributed by atoms with Crippen LogP contribution < -0.4 is 27.8 Å². The molecule has 0 saturated carbocycles. The highest BCUT2D eigenvalue weighted by Crippen LogP contribution is 2.02. The van der Waals surface area contributed by atoms with Crippen LogP contribution in [0.2, 0.25) is 0 Å². The van der Waals surface area contributed by atoms with Gasteiger partial charge in [-0.1, -0.05) is 0 Å². The number of carbonyl (C=O) groups is 5. The van der Waals surface area contributed by atoms with Crippen molar-refractivity contribution in [2.24, 2.45) is 17.2 Å². The van der Waals surface area contributed by atoms with Crippen LogP contribution in [0.25, 0.3) is 0 Å². The Morgan fingerprint density at radius 2 is 1.63 bits per heavy atom. The summed E-state index contributed by atoms with van der Waals surface area (Å²) in [7, 11) is 0. The molecular formula is C14H21N7O6. The molecule has 0 saturated heterocycles. The van der Waals surface area contributed by atoms with Crippen LogP contribution in [-0.2, 0) is 30.4 Å². The number of carboxylic acids is 1. The molecule has 0 spiro atoms. The number of hydrogen-bond donors (Lipinski definition) is 7. The van der Waals surface area contributed by atoms with E-state index in [4.69, 9.17) is 17.2 Å². The number of H-pyrrole nitrogens is 1. The van der Waals surface area contributed by atoms with Gasteiger partial charge in [0.05, 0.1) is 25.2 Å². The molecule has 1 heterocycles. The Labute approximate surface area is 153 Å². The Bertz CT molecular complexity index is 705. The highest BCUT2D eigenvalue weighted by Gasteiger charge is 2.29. The van der Waals surface area contributed by atoms with E-state index < -0.39 is 60.6 Å². The molecule has 0 fully saturated rings. The number of nitrogens with one attached hydrogen (secondary N) is 3. The van der Waals surface area contributed by atoms with Crippen molar-refractivity contribution in [3.63, 3.8) is 0 Å². The maximum absolute atomic E-state index is 12.3. The second kappa shape index (κ2) is 9.86. The van der Waals surface area contributed by atoms with E-state index in [-0.39, 0.29) is 6.42 Å². The molecule has 27 heavy (non-hydrogen) atoms. The molecule has 0 aliphatic rings. The van der Waals surface area contributed by atoms with Crippen molar-refractivity contribution in [3.05, 3.63) is 18.2 Å². The average molecular weight is 383 g/mol. The van der Waals surface area contributed by atoms with Crippen LogP contribution in [0.1, 0.15) is 18.5 Å². The first-order chi connectivity index (χ1) is 12.6. The molecule has 0 aliphatic heterocycles. The van der Waals surface area contributed by atoms with Gasteiger partial charge in [-0.25, -0.2) is 9.78 Å². The molecule has 1 aromatic heterocycles. The Hall–Kier alpha value is -3.48. The summed E-state index contributed by atoms with van der Waals surface area (Å²) in [6, 6.07) is -4.17. The Morgan fingerprint density at radius 3 is 2.11 bits per heavy atom. The molecule has 13 heteroatoms. The fourth-order valence-electron chi connectivity index (χ4n) is 2.09. The number of hydrogen-bond acceptors (Lipinski definition) is 7. The first kappa shape index (κ1) is 21.6. The van der Waals surface area contributed by atoms with E-state index >= 15 is 0 Å². The number of carboxylic acid groups (broad SMARTS) is 1. The first-order valence-corrected chi connectivity index (χ1v) is 7.73. The number of nitrogens with zero attached hydrogens (tertiary/aromatic N) is 1. The molecule has 0 radical (unpaired) electrons. The van der Waals surface area contributed by atoms with Gasteiger partial charge in [0.1, 0.15) is 12.1 Å². The molecule has 0 aromatic carbocycles. The largest absolute Gasteiger partial charge is 0.480 e. The zero-order valence-electron chi connectivity index (χ0n) is 14.2. The van der Waals surface area contributed by atoms with Crippen molar-refractivity contribution in [1.82, 2.24) is 20.6 Å². The topological polar surface area (TPSA) is 236 Å². The molecule has 4 amide bonds. The van der Waals surface area contributed by atoms with Crippen LogP contribution in [-0.4, -0.2) is 62.8 Å². The SMILES string of the molecule is NC(=O)CC(N)C(=O)NC(CC(N)=O)C(=O)NC(Cc1cnc[nH]1)C(=O)O. The van der Waals surface area contributed by atoms with E-state index in [2.05, 4.69) is 20.6 Å². The first-order valence-electron chi connectivity index (χ1n) is 7.73. The van der Waals surface area contributed by atoms with E-state index in [0.717, 1.165) is 0 Å². The zero-order chi connectivity index (χ0) is 20.6. The number of carbonyl (C=O) groups excluding carboxylic acids is 4. The maximum Gasteiger partial charge on any atom is 0.326 e. The summed E-state index contributed by atoms with van der Waals surface area (Å²) >= 11 is 0. The van der Waals surface area contributed by atoms with Gasteiger partial charge in [-0.2, -0.15) is 0 Å². The van der Waals surface area contributed by atoms with Crippen LogP contribution in [0.3, 0.4) is 0 Å². The number of amides is 4. The predicted molar refractivity (Wildman–Crippen MR) is 89.4 cm³/mol. The summed E-state index contributed by atoms with van der Waals surface area (Å²) in [4.78, 5) is 64.1. The number of aliphatic carboxylic acids is 1. The zero-order valence-corrected chi connectivity index (χ0v) is 14.2. The van der Waals surface area contributed by atoms with Crippen molar-refractivity contribution in [2.45, 2.75) is 37.4 Å². The van der Waals surface area contributed by atoms with E-state index in [0.29, 0.717) is 5.69 Å². The molecule has 148 valence electrons. The fourth-order valence-corrected chi connectivity index (χ4v) is 2.09. The van der Waals surface area contributed by atoms with Crippen LogP contribution in [0.15, 0.2) is 12.5 Å². The number of aromatic amines is 1. The minimum Gasteiger partial charge on any atom is -0.480 e. The summed E-state index contributed by atoms with van der Waals surface area (Å²) < 4.78 is 0. The van der Waals surface area contributed by atoms with Gasteiger partial charge >= 0.3 is 5.97 Å². The monoisotopic (exact) mass is 383 g/mol. The molecule has 10 N–H and O–H groups in total. The van der Waals surface area contributed by atoms with Gasteiger partial charge in [0.25, 0.3) is 0 Å². The minimum absolute atomic E-state index is 0.112. The Balaban J connectivity index is 2.82. The van der Waals surface area contributed by atoms with Gasteiger partial charge in [-0.15, -0.1) is 0 Å². The smallest absolute Gasteiger partial charge is 0.326 e. The van der Waals surface area contributed by atoms with Crippen molar-refractivity contribution in [3.8, 4) is 0 Å². The fraction of sp³-hybridized carbons (Fsp3) is 0.429. The van der Waals surface area contributed by atoms with Gasteiger partial charge in [0.2, 0.25) is 23.6 Å². The Kier molecular flexibility index (Phi) is 7.88. The van der Waals surface area contributed by atoms with Gasteiger partial charge in [-0.3, -0.25) is 19.2 Å². The van der Waals surface area contributed by atoms with Crippen molar-refractivity contribution >= 4 is 29.6 Å². The summed E-state index contributed by atoms with van der Waals surface area (Å²) in [5.41, 5.74) is 15.9. The highest BCUT2D eigenvalue weighted by molar-refractivity contribution is 5.95. The maximum atomic E-state index is 12.3. The second-order valence-electron chi connectivity index (χ2n) is 5.69. The molecule has 0 aliphatic carbocycles. The number of rotatable bonds is 11. The van der Waals surface area contributed by atoms with E-state index in [1.165, 1.54) is 12.5 Å². The summed E-state index contributed by atoms with van der Waals surface area (Å²) in [6.45, 7) is 0. The number of primary amides is 2.